The summed E-state index contributed by atoms with van der Waals surface area (Å²) in [5.41, 5.74) is 0.464. The molecule has 1 saturated carbocycles. The van der Waals surface area contributed by atoms with E-state index in [2.05, 4.69) is 5.32 Å². The molecule has 1 aliphatic carbocycles. The second-order valence-electron chi connectivity index (χ2n) is 4.57. The standard InChI is InChI=1S/C13H15NO4/c15-11-5-2-8(3-6-11)12(16)14-10-4-1-9(7-10)13(17)18/h2-3,5-6,9-10,15H,1,4,7H2,(H,14,16)(H,17,18). The highest BCUT2D eigenvalue weighted by Crippen LogP contribution is 2.25. The monoisotopic (exact) mass is 249 g/mol. The van der Waals surface area contributed by atoms with Crippen LogP contribution in [0.1, 0.15) is 29.6 Å². The smallest absolute Gasteiger partial charge is 0.306 e. The number of carbonyl (C=O) groups is 2. The highest BCUT2D eigenvalue weighted by Gasteiger charge is 2.30. The molecule has 0 heterocycles. The van der Waals surface area contributed by atoms with E-state index in [0.29, 0.717) is 24.8 Å². The summed E-state index contributed by atoms with van der Waals surface area (Å²) in [7, 11) is 0. The van der Waals surface area contributed by atoms with Crippen molar-refractivity contribution in [2.24, 2.45) is 5.92 Å². The first-order valence-electron chi connectivity index (χ1n) is 5.89. The second kappa shape index (κ2) is 5.08. The van der Waals surface area contributed by atoms with Gasteiger partial charge >= 0.3 is 5.97 Å². The Balaban J connectivity index is 1.92. The van der Waals surface area contributed by atoms with Crippen molar-refractivity contribution >= 4 is 11.9 Å². The zero-order valence-electron chi connectivity index (χ0n) is 9.80. The van der Waals surface area contributed by atoms with Gasteiger partial charge in [-0.3, -0.25) is 9.59 Å². The van der Waals surface area contributed by atoms with Gasteiger partial charge in [-0.15, -0.1) is 0 Å². The Bertz CT molecular complexity index is 455. The topological polar surface area (TPSA) is 86.6 Å². The lowest BCUT2D eigenvalue weighted by Gasteiger charge is -2.12. The van der Waals surface area contributed by atoms with Crippen LogP contribution in [0.4, 0.5) is 0 Å². The van der Waals surface area contributed by atoms with Crippen molar-refractivity contribution in [3.63, 3.8) is 0 Å². The zero-order valence-corrected chi connectivity index (χ0v) is 9.80. The predicted octanol–water partition coefficient (Wildman–Crippen LogP) is 1.38. The molecule has 1 amide bonds. The average molecular weight is 249 g/mol. The molecule has 0 spiro atoms. The first-order valence-corrected chi connectivity index (χ1v) is 5.89. The van der Waals surface area contributed by atoms with Crippen LogP contribution in [0.15, 0.2) is 24.3 Å². The number of carbonyl (C=O) groups excluding carboxylic acids is 1. The molecule has 0 aliphatic heterocycles. The number of nitrogens with one attached hydrogen (secondary N) is 1. The summed E-state index contributed by atoms with van der Waals surface area (Å²) < 4.78 is 0. The van der Waals surface area contributed by atoms with Crippen LogP contribution in [0.2, 0.25) is 0 Å². The van der Waals surface area contributed by atoms with Gasteiger partial charge in [0.1, 0.15) is 5.75 Å². The highest BCUT2D eigenvalue weighted by atomic mass is 16.4. The van der Waals surface area contributed by atoms with Crippen molar-refractivity contribution in [2.45, 2.75) is 25.3 Å². The molecule has 5 heteroatoms. The summed E-state index contributed by atoms with van der Waals surface area (Å²) in [6.45, 7) is 0. The van der Waals surface area contributed by atoms with E-state index < -0.39 is 5.97 Å². The number of rotatable bonds is 3. The van der Waals surface area contributed by atoms with Crippen molar-refractivity contribution in [1.29, 1.82) is 0 Å². The van der Waals surface area contributed by atoms with Gasteiger partial charge in [-0.05, 0) is 43.5 Å². The third-order valence-corrected chi connectivity index (χ3v) is 3.25. The Morgan fingerprint density at radius 2 is 1.83 bits per heavy atom. The first kappa shape index (κ1) is 12.4. The molecule has 1 aromatic rings. The molecule has 2 rings (SSSR count). The van der Waals surface area contributed by atoms with E-state index in [1.165, 1.54) is 24.3 Å². The summed E-state index contributed by atoms with van der Waals surface area (Å²) in [5, 5.41) is 20.8. The van der Waals surface area contributed by atoms with Crippen molar-refractivity contribution in [2.75, 3.05) is 0 Å². The number of aromatic hydroxyl groups is 1. The number of aliphatic carboxylic acids is 1. The molecule has 0 aromatic heterocycles. The Kier molecular flexibility index (Phi) is 3.50. The fourth-order valence-electron chi connectivity index (χ4n) is 2.22. The Labute approximate surface area is 104 Å². The number of carboxylic acid groups (broad SMARTS) is 1. The van der Waals surface area contributed by atoms with Crippen LogP contribution >= 0.6 is 0 Å². The van der Waals surface area contributed by atoms with Gasteiger partial charge in [-0.2, -0.15) is 0 Å². The fraction of sp³-hybridized carbons (Fsp3) is 0.385. The van der Waals surface area contributed by atoms with Crippen LogP contribution in [0.25, 0.3) is 0 Å². The van der Waals surface area contributed by atoms with E-state index in [1.807, 2.05) is 0 Å². The molecule has 1 aromatic carbocycles. The number of hydrogen-bond donors (Lipinski definition) is 3. The van der Waals surface area contributed by atoms with Crippen LogP contribution in [0.3, 0.4) is 0 Å². The lowest BCUT2D eigenvalue weighted by atomic mass is 10.1. The van der Waals surface area contributed by atoms with E-state index in [1.54, 1.807) is 0 Å². The average Bonchev–Trinajstić information content (AvgIpc) is 2.78. The molecule has 1 aliphatic rings. The van der Waals surface area contributed by atoms with E-state index in [4.69, 9.17) is 10.2 Å². The van der Waals surface area contributed by atoms with E-state index in [9.17, 15) is 9.59 Å². The van der Waals surface area contributed by atoms with Gasteiger partial charge in [0.05, 0.1) is 5.92 Å². The summed E-state index contributed by atoms with van der Waals surface area (Å²) in [6, 6.07) is 5.89. The molecule has 0 radical (unpaired) electrons. The van der Waals surface area contributed by atoms with Crippen molar-refractivity contribution in [3.05, 3.63) is 29.8 Å². The fourth-order valence-corrected chi connectivity index (χ4v) is 2.22. The van der Waals surface area contributed by atoms with Crippen LogP contribution in [-0.4, -0.2) is 28.1 Å². The number of carboxylic acids is 1. The lowest BCUT2D eigenvalue weighted by molar-refractivity contribution is -0.141. The Morgan fingerprint density at radius 3 is 2.39 bits per heavy atom. The molecule has 3 N–H and O–H groups in total. The van der Waals surface area contributed by atoms with Gasteiger partial charge in [0.15, 0.2) is 0 Å². The van der Waals surface area contributed by atoms with Crippen molar-refractivity contribution in [3.8, 4) is 5.75 Å². The number of benzene rings is 1. The van der Waals surface area contributed by atoms with Gasteiger partial charge in [-0.25, -0.2) is 0 Å². The SMILES string of the molecule is O=C(NC1CCC(C(=O)O)C1)c1ccc(O)cc1. The van der Waals surface area contributed by atoms with Crippen molar-refractivity contribution in [1.82, 2.24) is 5.32 Å². The predicted molar refractivity (Wildman–Crippen MR) is 64.3 cm³/mol. The van der Waals surface area contributed by atoms with Gasteiger partial charge < -0.3 is 15.5 Å². The quantitative estimate of drug-likeness (QED) is 0.755. The molecule has 18 heavy (non-hydrogen) atoms. The molecule has 2 atom stereocenters. The van der Waals surface area contributed by atoms with Gasteiger partial charge in [0.25, 0.3) is 5.91 Å². The molecule has 5 nitrogen and oxygen atoms in total. The first-order chi connectivity index (χ1) is 8.56. The maximum absolute atomic E-state index is 11.8. The minimum atomic E-state index is -0.795. The van der Waals surface area contributed by atoms with Crippen molar-refractivity contribution < 1.29 is 19.8 Å². The molecule has 96 valence electrons. The maximum Gasteiger partial charge on any atom is 0.306 e. The zero-order chi connectivity index (χ0) is 13.1. The van der Waals surface area contributed by atoms with Crippen LogP contribution < -0.4 is 5.32 Å². The van der Waals surface area contributed by atoms with Crippen LogP contribution in [0.5, 0.6) is 5.75 Å². The van der Waals surface area contributed by atoms with Crippen LogP contribution in [0, 0.1) is 5.92 Å². The Hall–Kier alpha value is -2.04. The number of amides is 1. The second-order valence-corrected chi connectivity index (χ2v) is 4.57. The summed E-state index contributed by atoms with van der Waals surface area (Å²) in [6.07, 6.45) is 1.79. The third kappa shape index (κ3) is 2.80. The number of phenolic OH excluding ortho intramolecular Hbond substituents is 1. The minimum Gasteiger partial charge on any atom is -0.508 e. The van der Waals surface area contributed by atoms with E-state index in [0.717, 1.165) is 0 Å². The molecular formula is C13H15NO4. The van der Waals surface area contributed by atoms with E-state index >= 15 is 0 Å². The third-order valence-electron chi connectivity index (χ3n) is 3.25. The molecule has 2 unspecified atom stereocenters. The summed E-state index contributed by atoms with van der Waals surface area (Å²) in [4.78, 5) is 22.6. The normalized spacial score (nSPS) is 22.7. The summed E-state index contributed by atoms with van der Waals surface area (Å²) >= 11 is 0. The minimum absolute atomic E-state index is 0.0765. The summed E-state index contributed by atoms with van der Waals surface area (Å²) in [5.74, 6) is -1.27. The highest BCUT2D eigenvalue weighted by molar-refractivity contribution is 5.94. The lowest BCUT2D eigenvalue weighted by Crippen LogP contribution is -2.33. The number of phenols is 1. The number of hydrogen-bond acceptors (Lipinski definition) is 3. The van der Waals surface area contributed by atoms with Gasteiger partial charge in [0, 0.05) is 11.6 Å². The Morgan fingerprint density at radius 1 is 1.17 bits per heavy atom. The molecule has 1 fully saturated rings. The molecular weight excluding hydrogens is 234 g/mol. The van der Waals surface area contributed by atoms with Crippen LogP contribution in [-0.2, 0) is 4.79 Å². The molecule has 0 bridgehead atoms. The maximum atomic E-state index is 11.8. The largest absolute Gasteiger partial charge is 0.508 e. The van der Waals surface area contributed by atoms with Gasteiger partial charge in [-0.1, -0.05) is 0 Å². The van der Waals surface area contributed by atoms with E-state index in [-0.39, 0.29) is 23.6 Å². The van der Waals surface area contributed by atoms with Gasteiger partial charge in [0.2, 0.25) is 0 Å². The molecule has 0 saturated heterocycles.